The standard InChI is InChI=1S/C15H20N2O5/c1-20-12-3-4-16-11(13(12)21-2)6-17-5-10-7-22-9-15(10,8-17)14(18)19/h3-4,10H,5-9H2,1-2H3,(H,18,19)/t10-,15-/m1/s1. The summed E-state index contributed by atoms with van der Waals surface area (Å²) in [5.41, 5.74) is -0.0326. The molecule has 0 bridgehead atoms. The lowest BCUT2D eigenvalue weighted by molar-refractivity contribution is -0.149. The summed E-state index contributed by atoms with van der Waals surface area (Å²) in [6.45, 7) is 2.48. The predicted octanol–water partition coefficient (Wildman–Crippen LogP) is 0.632. The van der Waals surface area contributed by atoms with Crippen LogP contribution in [-0.2, 0) is 16.1 Å². The van der Waals surface area contributed by atoms with Gasteiger partial charge in [0.15, 0.2) is 11.5 Å². The zero-order valence-corrected chi connectivity index (χ0v) is 12.7. The molecule has 7 heteroatoms. The van der Waals surface area contributed by atoms with Crippen molar-refractivity contribution in [3.63, 3.8) is 0 Å². The number of carboxylic acid groups (broad SMARTS) is 1. The van der Waals surface area contributed by atoms with Crippen LogP contribution in [0, 0.1) is 11.3 Å². The Morgan fingerprint density at radius 2 is 2.36 bits per heavy atom. The molecule has 1 aromatic rings. The van der Waals surface area contributed by atoms with E-state index in [2.05, 4.69) is 9.88 Å². The van der Waals surface area contributed by atoms with Crippen molar-refractivity contribution in [1.29, 1.82) is 0 Å². The fourth-order valence-electron chi connectivity index (χ4n) is 3.44. The second kappa shape index (κ2) is 5.73. The number of fused-ring (bicyclic) bond motifs is 1. The Hall–Kier alpha value is -1.86. The van der Waals surface area contributed by atoms with Crippen molar-refractivity contribution in [2.45, 2.75) is 6.54 Å². The van der Waals surface area contributed by atoms with Crippen LogP contribution in [0.5, 0.6) is 11.5 Å². The molecule has 2 fully saturated rings. The first kappa shape index (κ1) is 15.1. The van der Waals surface area contributed by atoms with Crippen molar-refractivity contribution in [2.24, 2.45) is 11.3 Å². The summed E-state index contributed by atoms with van der Waals surface area (Å²) in [5.74, 6) is 0.482. The number of aliphatic carboxylic acids is 1. The molecule has 2 atom stereocenters. The van der Waals surface area contributed by atoms with Crippen LogP contribution in [0.1, 0.15) is 5.69 Å². The quantitative estimate of drug-likeness (QED) is 0.854. The first-order valence-corrected chi connectivity index (χ1v) is 7.20. The SMILES string of the molecule is COc1ccnc(CN2C[C@@H]3COC[C@]3(C(=O)O)C2)c1OC. The van der Waals surface area contributed by atoms with E-state index in [4.69, 9.17) is 14.2 Å². The zero-order valence-electron chi connectivity index (χ0n) is 12.7. The van der Waals surface area contributed by atoms with Gasteiger partial charge in [0.05, 0.1) is 27.4 Å². The third-order valence-corrected chi connectivity index (χ3v) is 4.61. The number of ether oxygens (including phenoxy) is 3. The van der Waals surface area contributed by atoms with Gasteiger partial charge in [-0.25, -0.2) is 0 Å². The minimum absolute atomic E-state index is 0.0293. The van der Waals surface area contributed by atoms with E-state index in [0.29, 0.717) is 37.7 Å². The van der Waals surface area contributed by atoms with Gasteiger partial charge in [0.2, 0.25) is 0 Å². The van der Waals surface area contributed by atoms with Gasteiger partial charge < -0.3 is 19.3 Å². The highest BCUT2D eigenvalue weighted by molar-refractivity contribution is 5.76. The number of likely N-dealkylation sites (tertiary alicyclic amines) is 1. The van der Waals surface area contributed by atoms with E-state index in [1.54, 1.807) is 26.5 Å². The van der Waals surface area contributed by atoms with Crippen LogP contribution in [-0.4, -0.2) is 61.5 Å². The third-order valence-electron chi connectivity index (χ3n) is 4.61. The van der Waals surface area contributed by atoms with E-state index in [-0.39, 0.29) is 12.5 Å². The van der Waals surface area contributed by atoms with Crippen molar-refractivity contribution in [3.8, 4) is 11.5 Å². The van der Waals surface area contributed by atoms with Crippen LogP contribution in [0.15, 0.2) is 12.3 Å². The minimum Gasteiger partial charge on any atom is -0.493 e. The summed E-state index contributed by atoms with van der Waals surface area (Å²) in [5, 5.41) is 9.57. The molecular weight excluding hydrogens is 288 g/mol. The molecule has 0 saturated carbocycles. The number of nitrogens with zero attached hydrogens (tertiary/aromatic N) is 2. The van der Waals surface area contributed by atoms with Gasteiger partial charge in [-0.05, 0) is 0 Å². The molecule has 22 heavy (non-hydrogen) atoms. The van der Waals surface area contributed by atoms with Gasteiger partial charge in [0, 0.05) is 37.8 Å². The molecule has 0 aromatic carbocycles. The maximum absolute atomic E-state index is 11.7. The van der Waals surface area contributed by atoms with Crippen molar-refractivity contribution < 1.29 is 24.1 Å². The van der Waals surface area contributed by atoms with Gasteiger partial charge in [-0.15, -0.1) is 0 Å². The number of carboxylic acids is 1. The molecule has 1 aromatic heterocycles. The summed E-state index contributed by atoms with van der Waals surface area (Å²) >= 11 is 0. The van der Waals surface area contributed by atoms with E-state index in [9.17, 15) is 9.90 Å². The Morgan fingerprint density at radius 3 is 3.00 bits per heavy atom. The van der Waals surface area contributed by atoms with E-state index in [1.165, 1.54) is 0 Å². The molecule has 7 nitrogen and oxygen atoms in total. The Morgan fingerprint density at radius 1 is 1.55 bits per heavy atom. The van der Waals surface area contributed by atoms with Gasteiger partial charge in [-0.1, -0.05) is 0 Å². The summed E-state index contributed by atoms with van der Waals surface area (Å²) in [4.78, 5) is 18.1. The molecule has 0 unspecified atom stereocenters. The van der Waals surface area contributed by atoms with Crippen molar-refractivity contribution in [2.75, 3.05) is 40.5 Å². The van der Waals surface area contributed by atoms with E-state index < -0.39 is 11.4 Å². The second-order valence-corrected chi connectivity index (χ2v) is 5.84. The molecule has 3 rings (SSSR count). The second-order valence-electron chi connectivity index (χ2n) is 5.84. The lowest BCUT2D eigenvalue weighted by atomic mass is 9.81. The highest BCUT2D eigenvalue weighted by Gasteiger charge is 2.56. The van der Waals surface area contributed by atoms with Gasteiger partial charge in [0.1, 0.15) is 11.1 Å². The summed E-state index contributed by atoms with van der Waals surface area (Å²) < 4.78 is 16.1. The third kappa shape index (κ3) is 2.30. The van der Waals surface area contributed by atoms with E-state index in [1.807, 2.05) is 0 Å². The Balaban J connectivity index is 1.80. The molecule has 1 N–H and O–H groups in total. The molecule has 0 radical (unpaired) electrons. The van der Waals surface area contributed by atoms with Gasteiger partial charge in [-0.2, -0.15) is 0 Å². The Bertz CT molecular complexity index is 579. The molecule has 0 amide bonds. The monoisotopic (exact) mass is 308 g/mol. The van der Waals surface area contributed by atoms with E-state index >= 15 is 0 Å². The highest BCUT2D eigenvalue weighted by atomic mass is 16.5. The van der Waals surface area contributed by atoms with Gasteiger partial charge in [-0.3, -0.25) is 14.7 Å². The fourth-order valence-corrected chi connectivity index (χ4v) is 3.44. The number of carbonyl (C=O) groups is 1. The van der Waals surface area contributed by atoms with Gasteiger partial charge in [0.25, 0.3) is 0 Å². The molecule has 2 aliphatic heterocycles. The number of hydrogen-bond donors (Lipinski definition) is 1. The number of pyridine rings is 1. The smallest absolute Gasteiger partial charge is 0.313 e. The van der Waals surface area contributed by atoms with Crippen molar-refractivity contribution >= 4 is 5.97 Å². The molecule has 3 heterocycles. The average Bonchev–Trinajstić information content (AvgIpc) is 3.04. The number of rotatable bonds is 5. The van der Waals surface area contributed by atoms with Crippen LogP contribution in [0.2, 0.25) is 0 Å². The highest BCUT2D eigenvalue weighted by Crippen LogP contribution is 2.42. The molecular formula is C15H20N2O5. The normalized spacial score (nSPS) is 27.6. The van der Waals surface area contributed by atoms with Crippen LogP contribution < -0.4 is 9.47 Å². The number of hydrogen-bond acceptors (Lipinski definition) is 6. The maximum atomic E-state index is 11.7. The lowest BCUT2D eigenvalue weighted by Crippen LogP contribution is -2.38. The van der Waals surface area contributed by atoms with Crippen LogP contribution in [0.3, 0.4) is 0 Å². The van der Waals surface area contributed by atoms with E-state index in [0.717, 1.165) is 5.69 Å². The topological polar surface area (TPSA) is 81.1 Å². The van der Waals surface area contributed by atoms with Crippen LogP contribution >= 0.6 is 0 Å². The molecule has 2 aliphatic rings. The van der Waals surface area contributed by atoms with Crippen molar-refractivity contribution in [3.05, 3.63) is 18.0 Å². The van der Waals surface area contributed by atoms with Crippen LogP contribution in [0.25, 0.3) is 0 Å². The zero-order chi connectivity index (χ0) is 15.7. The molecule has 120 valence electrons. The van der Waals surface area contributed by atoms with Crippen molar-refractivity contribution in [1.82, 2.24) is 9.88 Å². The molecule has 2 saturated heterocycles. The van der Waals surface area contributed by atoms with Gasteiger partial charge >= 0.3 is 5.97 Å². The lowest BCUT2D eigenvalue weighted by Gasteiger charge is -2.22. The summed E-state index contributed by atoms with van der Waals surface area (Å²) in [6.07, 6.45) is 1.67. The Kier molecular flexibility index (Phi) is 3.92. The summed E-state index contributed by atoms with van der Waals surface area (Å²) in [6, 6.07) is 1.74. The average molecular weight is 308 g/mol. The first-order valence-electron chi connectivity index (χ1n) is 7.20. The molecule has 0 aliphatic carbocycles. The predicted molar refractivity (Wildman–Crippen MR) is 77.0 cm³/mol. The first-order chi connectivity index (χ1) is 10.6. The summed E-state index contributed by atoms with van der Waals surface area (Å²) in [7, 11) is 3.16. The Labute approximate surface area is 128 Å². The largest absolute Gasteiger partial charge is 0.493 e. The number of aromatic nitrogens is 1. The minimum atomic E-state index is -0.786. The number of methoxy groups -OCH3 is 2. The molecule has 0 spiro atoms. The van der Waals surface area contributed by atoms with Crippen LogP contribution in [0.4, 0.5) is 0 Å². The fraction of sp³-hybridized carbons (Fsp3) is 0.600. The maximum Gasteiger partial charge on any atom is 0.313 e.